The molecule has 3 nitrogen and oxygen atoms in total. The predicted octanol–water partition coefficient (Wildman–Crippen LogP) is 3.20. The summed E-state index contributed by atoms with van der Waals surface area (Å²) in [4.78, 5) is 11.9. The van der Waals surface area contributed by atoms with Crippen LogP contribution >= 0.6 is 15.9 Å². The van der Waals surface area contributed by atoms with E-state index in [4.69, 9.17) is 5.73 Å². The van der Waals surface area contributed by atoms with Gasteiger partial charge in [0.25, 0.3) is 5.91 Å². The van der Waals surface area contributed by atoms with Gasteiger partial charge in [-0.1, -0.05) is 36.7 Å². The number of anilines is 1. The van der Waals surface area contributed by atoms with Crippen LogP contribution in [0.2, 0.25) is 0 Å². The number of hydrogen-bond donors (Lipinski definition) is 2. The number of nitrogens with two attached hydrogens (primary N) is 1. The molecule has 1 amide bonds. The van der Waals surface area contributed by atoms with E-state index in [0.29, 0.717) is 17.8 Å². The third kappa shape index (κ3) is 4.04. The summed E-state index contributed by atoms with van der Waals surface area (Å²) in [7, 11) is 0. The fourth-order valence-corrected chi connectivity index (χ4v) is 1.66. The van der Waals surface area contributed by atoms with Crippen LogP contribution in [0.15, 0.2) is 22.7 Å². The first-order valence-corrected chi connectivity index (χ1v) is 6.48. The summed E-state index contributed by atoms with van der Waals surface area (Å²) in [6.07, 6.45) is 1.02. The van der Waals surface area contributed by atoms with E-state index in [9.17, 15) is 4.79 Å². The van der Waals surface area contributed by atoms with Gasteiger partial charge in [-0.25, -0.2) is 0 Å². The van der Waals surface area contributed by atoms with Crippen LogP contribution in [0, 0.1) is 5.41 Å². The number of carbonyl (C=O) groups is 1. The monoisotopic (exact) mass is 298 g/mol. The van der Waals surface area contributed by atoms with Gasteiger partial charge in [-0.2, -0.15) is 0 Å². The van der Waals surface area contributed by atoms with Crippen molar-refractivity contribution in [3.8, 4) is 0 Å². The van der Waals surface area contributed by atoms with E-state index in [1.54, 1.807) is 12.1 Å². The Morgan fingerprint density at radius 1 is 1.47 bits per heavy atom. The minimum absolute atomic E-state index is 0.111. The second-order valence-electron chi connectivity index (χ2n) is 4.93. The highest BCUT2D eigenvalue weighted by Gasteiger charge is 2.17. The Kier molecular flexibility index (Phi) is 4.57. The molecule has 0 radical (unpaired) electrons. The largest absolute Gasteiger partial charge is 0.398 e. The van der Waals surface area contributed by atoms with E-state index in [0.717, 1.165) is 10.9 Å². The predicted molar refractivity (Wildman–Crippen MR) is 75.0 cm³/mol. The average Bonchev–Trinajstić information content (AvgIpc) is 2.26. The number of rotatable bonds is 4. The number of benzene rings is 1. The first-order chi connectivity index (χ1) is 7.85. The van der Waals surface area contributed by atoms with Crippen LogP contribution in [0.1, 0.15) is 37.6 Å². The van der Waals surface area contributed by atoms with Crippen LogP contribution in [0.5, 0.6) is 0 Å². The third-order valence-corrected chi connectivity index (χ3v) is 3.44. The van der Waals surface area contributed by atoms with Crippen molar-refractivity contribution >= 4 is 27.5 Å². The standard InChI is InChI=1S/C13H19BrN2O/c1-4-13(2,3)8-16-12(17)10-6-5-9(14)7-11(10)15/h5-7H,4,8,15H2,1-3H3,(H,16,17). The number of halogens is 1. The van der Waals surface area contributed by atoms with Crippen molar-refractivity contribution in [1.29, 1.82) is 0 Å². The molecule has 4 heteroatoms. The molecule has 0 heterocycles. The molecule has 0 aliphatic heterocycles. The van der Waals surface area contributed by atoms with E-state index >= 15 is 0 Å². The van der Waals surface area contributed by atoms with Crippen LogP contribution in [0.4, 0.5) is 5.69 Å². The lowest BCUT2D eigenvalue weighted by Crippen LogP contribution is -2.33. The van der Waals surface area contributed by atoms with Crippen LogP contribution < -0.4 is 11.1 Å². The minimum Gasteiger partial charge on any atom is -0.398 e. The second kappa shape index (κ2) is 5.54. The zero-order valence-corrected chi connectivity index (χ0v) is 12.1. The maximum atomic E-state index is 11.9. The molecule has 1 rings (SSSR count). The van der Waals surface area contributed by atoms with Crippen molar-refractivity contribution < 1.29 is 4.79 Å². The van der Waals surface area contributed by atoms with Crippen molar-refractivity contribution in [3.05, 3.63) is 28.2 Å². The number of carbonyl (C=O) groups excluding carboxylic acids is 1. The topological polar surface area (TPSA) is 55.1 Å². The van der Waals surface area contributed by atoms with E-state index in [1.807, 2.05) is 6.07 Å². The van der Waals surface area contributed by atoms with Gasteiger partial charge in [0.1, 0.15) is 0 Å². The molecule has 0 aliphatic rings. The SMILES string of the molecule is CCC(C)(C)CNC(=O)c1ccc(Br)cc1N. The summed E-state index contributed by atoms with van der Waals surface area (Å²) in [5, 5.41) is 2.92. The van der Waals surface area contributed by atoms with Gasteiger partial charge < -0.3 is 11.1 Å². The molecule has 0 aliphatic carbocycles. The van der Waals surface area contributed by atoms with E-state index in [1.165, 1.54) is 0 Å². The highest BCUT2D eigenvalue weighted by atomic mass is 79.9. The van der Waals surface area contributed by atoms with Crippen molar-refractivity contribution in [1.82, 2.24) is 5.32 Å². The van der Waals surface area contributed by atoms with Crippen LogP contribution in [-0.2, 0) is 0 Å². The van der Waals surface area contributed by atoms with Crippen LogP contribution in [0.3, 0.4) is 0 Å². The summed E-state index contributed by atoms with van der Waals surface area (Å²) >= 11 is 3.32. The van der Waals surface area contributed by atoms with E-state index < -0.39 is 0 Å². The van der Waals surface area contributed by atoms with Crippen LogP contribution in [0.25, 0.3) is 0 Å². The molecule has 0 fully saturated rings. The second-order valence-corrected chi connectivity index (χ2v) is 5.85. The lowest BCUT2D eigenvalue weighted by atomic mass is 9.90. The molecular weight excluding hydrogens is 280 g/mol. The Hall–Kier alpha value is -1.03. The molecule has 1 aromatic carbocycles. The van der Waals surface area contributed by atoms with Gasteiger partial charge >= 0.3 is 0 Å². The normalized spacial score (nSPS) is 11.3. The van der Waals surface area contributed by atoms with Gasteiger partial charge in [0.15, 0.2) is 0 Å². The number of nitrogens with one attached hydrogen (secondary N) is 1. The molecule has 0 aromatic heterocycles. The molecule has 94 valence electrons. The first-order valence-electron chi connectivity index (χ1n) is 5.69. The lowest BCUT2D eigenvalue weighted by molar-refractivity contribution is 0.0936. The maximum Gasteiger partial charge on any atom is 0.253 e. The Labute approximate surface area is 111 Å². The molecule has 17 heavy (non-hydrogen) atoms. The molecule has 3 N–H and O–H groups in total. The fourth-order valence-electron chi connectivity index (χ4n) is 1.28. The van der Waals surface area contributed by atoms with Gasteiger partial charge in [0.05, 0.1) is 5.56 Å². The number of hydrogen-bond acceptors (Lipinski definition) is 2. The smallest absolute Gasteiger partial charge is 0.253 e. The molecule has 0 bridgehead atoms. The van der Waals surface area contributed by atoms with Crippen LogP contribution in [-0.4, -0.2) is 12.5 Å². The Morgan fingerprint density at radius 2 is 2.12 bits per heavy atom. The molecule has 0 saturated carbocycles. The number of nitrogen functional groups attached to an aromatic ring is 1. The molecule has 1 aromatic rings. The average molecular weight is 299 g/mol. The summed E-state index contributed by atoms with van der Waals surface area (Å²) < 4.78 is 0.875. The summed E-state index contributed by atoms with van der Waals surface area (Å²) in [5.41, 5.74) is 6.93. The summed E-state index contributed by atoms with van der Waals surface area (Å²) in [5.74, 6) is -0.114. The lowest BCUT2D eigenvalue weighted by Gasteiger charge is -2.23. The third-order valence-electron chi connectivity index (χ3n) is 2.94. The van der Waals surface area contributed by atoms with Gasteiger partial charge in [-0.3, -0.25) is 4.79 Å². The highest BCUT2D eigenvalue weighted by Crippen LogP contribution is 2.20. The van der Waals surface area contributed by atoms with Crippen molar-refractivity contribution in [2.24, 2.45) is 5.41 Å². The Balaban J connectivity index is 2.71. The van der Waals surface area contributed by atoms with E-state index in [-0.39, 0.29) is 11.3 Å². The van der Waals surface area contributed by atoms with E-state index in [2.05, 4.69) is 42.0 Å². The van der Waals surface area contributed by atoms with Crippen molar-refractivity contribution in [3.63, 3.8) is 0 Å². The Bertz CT molecular complexity index is 416. The first kappa shape index (κ1) is 14.0. The molecule has 0 saturated heterocycles. The summed E-state index contributed by atoms with van der Waals surface area (Å²) in [6, 6.07) is 5.28. The maximum absolute atomic E-state index is 11.9. The van der Waals surface area contributed by atoms with Gasteiger partial charge in [0.2, 0.25) is 0 Å². The highest BCUT2D eigenvalue weighted by molar-refractivity contribution is 9.10. The molecule has 0 unspecified atom stereocenters. The summed E-state index contributed by atoms with van der Waals surface area (Å²) in [6.45, 7) is 7.01. The molecular formula is C13H19BrN2O. The van der Waals surface area contributed by atoms with Gasteiger partial charge in [-0.05, 0) is 30.0 Å². The Morgan fingerprint density at radius 3 is 2.65 bits per heavy atom. The van der Waals surface area contributed by atoms with Crippen molar-refractivity contribution in [2.75, 3.05) is 12.3 Å². The molecule has 0 spiro atoms. The zero-order chi connectivity index (χ0) is 13.1. The molecule has 0 atom stereocenters. The van der Waals surface area contributed by atoms with Crippen molar-refractivity contribution in [2.45, 2.75) is 27.2 Å². The quantitative estimate of drug-likeness (QED) is 0.839. The van der Waals surface area contributed by atoms with Gasteiger partial charge in [0, 0.05) is 16.7 Å². The number of amides is 1. The minimum atomic E-state index is -0.114. The zero-order valence-electron chi connectivity index (χ0n) is 10.5. The van der Waals surface area contributed by atoms with Gasteiger partial charge in [-0.15, -0.1) is 0 Å². The fraction of sp³-hybridized carbons (Fsp3) is 0.462.